The summed E-state index contributed by atoms with van der Waals surface area (Å²) < 4.78 is 31.0. The zero-order chi connectivity index (χ0) is 20.4. The monoisotopic (exact) mass is 545 g/mol. The topological polar surface area (TPSA) is 86.3 Å². The molecule has 1 atom stereocenters. The molecule has 0 aliphatic carbocycles. The molecule has 2 rings (SSSR count). The van der Waals surface area contributed by atoms with Crippen LogP contribution in [-0.4, -0.2) is 94.4 Å². The lowest BCUT2D eigenvalue weighted by Crippen LogP contribution is -2.49. The largest absolute Gasteiger partial charge is 0.379 e. The van der Waals surface area contributed by atoms with Crippen LogP contribution in [0.15, 0.2) is 4.99 Å². The number of guanidine groups is 1. The fourth-order valence-corrected chi connectivity index (χ4v) is 5.60. The van der Waals surface area contributed by atoms with Gasteiger partial charge in [0.1, 0.15) is 0 Å². The maximum absolute atomic E-state index is 11.9. The molecule has 0 spiro atoms. The first kappa shape index (κ1) is 26.9. The minimum atomic E-state index is -3.04. The summed E-state index contributed by atoms with van der Waals surface area (Å²) in [6.45, 7) is 13.3. The Kier molecular flexibility index (Phi) is 13.0. The van der Waals surface area contributed by atoms with Crippen molar-refractivity contribution < 1.29 is 13.2 Å². The maximum atomic E-state index is 11.9. The van der Waals surface area contributed by atoms with Crippen molar-refractivity contribution in [2.45, 2.75) is 46.1 Å². The minimum Gasteiger partial charge on any atom is -0.379 e. The zero-order valence-corrected chi connectivity index (χ0v) is 21.4. The lowest BCUT2D eigenvalue weighted by Gasteiger charge is -2.38. The molecule has 10 heteroatoms. The summed E-state index contributed by atoms with van der Waals surface area (Å²) in [6.07, 6.45) is 3.02. The van der Waals surface area contributed by atoms with E-state index >= 15 is 0 Å². The summed E-state index contributed by atoms with van der Waals surface area (Å²) in [5.41, 5.74) is 0. The van der Waals surface area contributed by atoms with Crippen LogP contribution in [0.25, 0.3) is 0 Å². The fourth-order valence-electron chi connectivity index (χ4n) is 4.07. The number of rotatable bonds is 10. The molecule has 2 N–H and O–H groups in total. The van der Waals surface area contributed by atoms with Gasteiger partial charge in [-0.2, -0.15) is 0 Å². The quantitative estimate of drug-likeness (QED) is 0.245. The minimum absolute atomic E-state index is 0. The molecule has 0 saturated carbocycles. The molecule has 0 amide bonds. The Hall–Kier alpha value is -0.170. The van der Waals surface area contributed by atoms with Gasteiger partial charge in [-0.15, -0.1) is 24.0 Å². The van der Waals surface area contributed by atoms with Crippen LogP contribution in [0.5, 0.6) is 0 Å². The van der Waals surface area contributed by atoms with Crippen molar-refractivity contribution in [3.05, 3.63) is 0 Å². The highest BCUT2D eigenvalue weighted by molar-refractivity contribution is 14.0. The average Bonchev–Trinajstić information content (AvgIpc) is 3.03. The molecule has 2 aliphatic heterocycles. The first-order valence-electron chi connectivity index (χ1n) is 10.8. The highest BCUT2D eigenvalue weighted by atomic mass is 127. The Balaban J connectivity index is 0.00000420. The highest BCUT2D eigenvalue weighted by Gasteiger charge is 2.28. The van der Waals surface area contributed by atoms with Crippen LogP contribution in [0.1, 0.15) is 40.0 Å². The Labute approximate surface area is 194 Å². The molecule has 29 heavy (non-hydrogen) atoms. The third-order valence-corrected chi connectivity index (χ3v) is 7.70. The van der Waals surface area contributed by atoms with Crippen LogP contribution in [0, 0.1) is 5.92 Å². The van der Waals surface area contributed by atoms with E-state index in [4.69, 9.17) is 9.73 Å². The molecule has 8 nitrogen and oxygen atoms in total. The zero-order valence-electron chi connectivity index (χ0n) is 18.2. The van der Waals surface area contributed by atoms with Crippen molar-refractivity contribution >= 4 is 40.0 Å². The van der Waals surface area contributed by atoms with E-state index in [1.165, 1.54) is 0 Å². The van der Waals surface area contributed by atoms with Crippen molar-refractivity contribution in [3.8, 4) is 0 Å². The summed E-state index contributed by atoms with van der Waals surface area (Å²) in [5.74, 6) is 1.65. The van der Waals surface area contributed by atoms with E-state index in [9.17, 15) is 8.42 Å². The third-order valence-electron chi connectivity index (χ3n) is 5.75. The van der Waals surface area contributed by atoms with E-state index in [0.717, 1.165) is 64.6 Å². The van der Waals surface area contributed by atoms with E-state index in [-0.39, 0.29) is 29.7 Å². The lowest BCUT2D eigenvalue weighted by atomic mass is 9.92. The number of sulfonamides is 1. The Morgan fingerprint density at radius 2 is 1.79 bits per heavy atom. The van der Waals surface area contributed by atoms with Gasteiger partial charge < -0.3 is 15.4 Å². The van der Waals surface area contributed by atoms with E-state index < -0.39 is 10.0 Å². The van der Waals surface area contributed by atoms with Crippen LogP contribution >= 0.6 is 24.0 Å². The summed E-state index contributed by atoms with van der Waals surface area (Å²) in [5, 5.41) is 6.60. The number of nitrogens with zero attached hydrogens (tertiary/aromatic N) is 3. The maximum Gasteiger partial charge on any atom is 0.214 e. The molecule has 0 aromatic carbocycles. The normalized spacial score (nSPS) is 21.7. The molecular weight excluding hydrogens is 505 g/mol. The standard InChI is InChI=1S/C19H39N5O3S.HI/c1-4-17(5-2)18(23-11-13-27-14-12-23)16-22-19(20-6-3)21-8-10-24-9-7-15-28(24,25)26;/h17-18H,4-16H2,1-3H3,(H2,20,21,22);1H. The molecule has 0 radical (unpaired) electrons. The van der Waals surface area contributed by atoms with Gasteiger partial charge in [0.15, 0.2) is 5.96 Å². The summed E-state index contributed by atoms with van der Waals surface area (Å²) in [6, 6.07) is 0.410. The second kappa shape index (κ2) is 14.0. The van der Waals surface area contributed by atoms with Gasteiger partial charge in [-0.25, -0.2) is 12.7 Å². The second-order valence-electron chi connectivity index (χ2n) is 7.51. The van der Waals surface area contributed by atoms with Gasteiger partial charge in [0, 0.05) is 45.3 Å². The van der Waals surface area contributed by atoms with Gasteiger partial charge in [-0.05, 0) is 19.3 Å². The molecule has 1 unspecified atom stereocenters. The van der Waals surface area contributed by atoms with Crippen LogP contribution in [0.4, 0.5) is 0 Å². The first-order valence-corrected chi connectivity index (χ1v) is 12.4. The molecule has 0 aromatic rings. The molecule has 172 valence electrons. The Bertz CT molecular complexity index is 580. The number of morpholine rings is 1. The van der Waals surface area contributed by atoms with Gasteiger partial charge in [-0.1, -0.05) is 26.7 Å². The average molecular weight is 546 g/mol. The molecule has 0 bridgehead atoms. The van der Waals surface area contributed by atoms with Crippen LogP contribution in [0.2, 0.25) is 0 Å². The summed E-state index contributed by atoms with van der Waals surface area (Å²) >= 11 is 0. The Morgan fingerprint density at radius 1 is 1.10 bits per heavy atom. The second-order valence-corrected chi connectivity index (χ2v) is 9.60. The number of halogens is 1. The van der Waals surface area contributed by atoms with Crippen molar-refractivity contribution in [2.75, 3.05) is 64.8 Å². The first-order chi connectivity index (χ1) is 13.5. The SMILES string of the molecule is CCNC(=NCC(C(CC)CC)N1CCOCC1)NCCN1CCCS1(=O)=O.I. The molecular formula is C19H40IN5O3S. The number of ether oxygens (including phenoxy) is 1. The number of aliphatic imine (C=N–C) groups is 1. The van der Waals surface area contributed by atoms with Crippen molar-refractivity contribution in [1.82, 2.24) is 19.8 Å². The van der Waals surface area contributed by atoms with E-state index in [0.29, 0.717) is 31.6 Å². The van der Waals surface area contributed by atoms with Gasteiger partial charge in [-0.3, -0.25) is 9.89 Å². The molecule has 2 heterocycles. The summed E-state index contributed by atoms with van der Waals surface area (Å²) in [4.78, 5) is 7.37. The van der Waals surface area contributed by atoms with E-state index in [1.54, 1.807) is 4.31 Å². The van der Waals surface area contributed by atoms with Crippen molar-refractivity contribution in [1.29, 1.82) is 0 Å². The lowest BCUT2D eigenvalue weighted by molar-refractivity contribution is 0.00395. The van der Waals surface area contributed by atoms with Gasteiger partial charge in [0.25, 0.3) is 0 Å². The number of nitrogens with one attached hydrogen (secondary N) is 2. The predicted octanol–water partition coefficient (Wildman–Crippen LogP) is 1.33. The van der Waals surface area contributed by atoms with E-state index in [2.05, 4.69) is 29.4 Å². The molecule has 2 fully saturated rings. The Morgan fingerprint density at radius 3 is 2.34 bits per heavy atom. The third kappa shape index (κ3) is 8.47. The molecule has 0 aromatic heterocycles. The van der Waals surface area contributed by atoms with Crippen LogP contribution in [0.3, 0.4) is 0 Å². The van der Waals surface area contributed by atoms with Crippen LogP contribution in [-0.2, 0) is 14.8 Å². The molecule has 2 aliphatic rings. The smallest absolute Gasteiger partial charge is 0.214 e. The summed E-state index contributed by atoms with van der Waals surface area (Å²) in [7, 11) is -3.04. The van der Waals surface area contributed by atoms with Crippen molar-refractivity contribution in [3.63, 3.8) is 0 Å². The molecule has 2 saturated heterocycles. The van der Waals surface area contributed by atoms with Gasteiger partial charge in [0.05, 0.1) is 25.5 Å². The van der Waals surface area contributed by atoms with Gasteiger partial charge in [0.2, 0.25) is 10.0 Å². The highest BCUT2D eigenvalue weighted by Crippen LogP contribution is 2.20. The van der Waals surface area contributed by atoms with E-state index in [1.807, 2.05) is 6.92 Å². The van der Waals surface area contributed by atoms with Gasteiger partial charge >= 0.3 is 0 Å². The number of hydrogen-bond donors (Lipinski definition) is 2. The predicted molar refractivity (Wildman–Crippen MR) is 130 cm³/mol. The number of hydrogen-bond acceptors (Lipinski definition) is 5. The van der Waals surface area contributed by atoms with Crippen LogP contribution < -0.4 is 10.6 Å². The van der Waals surface area contributed by atoms with Crippen molar-refractivity contribution in [2.24, 2.45) is 10.9 Å². The fraction of sp³-hybridized carbons (Fsp3) is 0.947.